The Kier molecular flexibility index (Phi) is 4.72. The summed E-state index contributed by atoms with van der Waals surface area (Å²) >= 11 is 6.16. The van der Waals surface area contributed by atoms with Crippen LogP contribution in [0.3, 0.4) is 0 Å². The zero-order valence-corrected chi connectivity index (χ0v) is 17.6. The minimum Gasteiger partial charge on any atom is -0.306 e. The topological polar surface area (TPSA) is 106 Å². The Labute approximate surface area is 191 Å². The Bertz CT molecular complexity index is 1440. The SMILES string of the molecule is C[C@]1(C(F)(F)F)CN(C(=O)Nc2cnc(-n3nccn3)c(Cl)c2)c2cnc3c(F)c(F)nn3c21. The molecule has 0 bridgehead atoms. The Balaban J connectivity index is 1.53. The molecule has 176 valence electrons. The number of halogens is 6. The van der Waals surface area contributed by atoms with Crippen LogP contribution >= 0.6 is 11.6 Å². The average molecular weight is 500 g/mol. The third-order valence-electron chi connectivity index (χ3n) is 5.37. The Morgan fingerprint density at radius 1 is 1.18 bits per heavy atom. The minimum absolute atomic E-state index is 0.0572. The molecule has 5 heterocycles. The highest BCUT2D eigenvalue weighted by molar-refractivity contribution is 6.32. The van der Waals surface area contributed by atoms with Gasteiger partial charge < -0.3 is 5.32 Å². The fourth-order valence-corrected chi connectivity index (χ4v) is 3.92. The van der Waals surface area contributed by atoms with Gasteiger partial charge in [-0.25, -0.2) is 19.3 Å². The molecular weight excluding hydrogens is 489 g/mol. The first-order valence-electron chi connectivity index (χ1n) is 9.42. The maximum atomic E-state index is 14.1. The molecular formula is C18H11ClF5N9O. The van der Waals surface area contributed by atoms with Crippen molar-refractivity contribution in [1.82, 2.24) is 34.6 Å². The van der Waals surface area contributed by atoms with Gasteiger partial charge in [0, 0.05) is 6.54 Å². The number of hydrogen-bond acceptors (Lipinski definition) is 6. The summed E-state index contributed by atoms with van der Waals surface area (Å²) in [5.74, 6) is -2.95. The number of aromatic nitrogens is 7. The quantitative estimate of drug-likeness (QED) is 0.423. The number of amides is 2. The summed E-state index contributed by atoms with van der Waals surface area (Å²) in [7, 11) is 0. The van der Waals surface area contributed by atoms with E-state index >= 15 is 0 Å². The van der Waals surface area contributed by atoms with Gasteiger partial charge in [-0.3, -0.25) is 4.90 Å². The van der Waals surface area contributed by atoms with E-state index in [1.54, 1.807) is 0 Å². The van der Waals surface area contributed by atoms with E-state index in [1.165, 1.54) is 24.7 Å². The number of nitrogens with zero attached hydrogens (tertiary/aromatic N) is 8. The molecule has 1 atom stereocenters. The standard InChI is InChI=1S/C18H11ClF5N9O/c1-17(18(22,23)24)7-31(10-6-26-15-11(20)13(21)30-32(15)12(10)17)16(34)29-8-4-9(19)14(25-5-8)33-27-2-3-28-33/h2-6H,7H2,1H3,(H,29,34)/t17-/m0/s1. The van der Waals surface area contributed by atoms with E-state index in [4.69, 9.17) is 11.6 Å². The zero-order chi connectivity index (χ0) is 24.4. The molecule has 4 aromatic heterocycles. The van der Waals surface area contributed by atoms with Crippen molar-refractivity contribution in [3.05, 3.63) is 53.3 Å². The third kappa shape index (κ3) is 3.14. The maximum Gasteiger partial charge on any atom is 0.401 e. The molecule has 0 saturated carbocycles. The number of pyridine rings is 1. The van der Waals surface area contributed by atoms with Crippen molar-refractivity contribution in [3.63, 3.8) is 0 Å². The molecule has 0 aliphatic carbocycles. The second-order valence-electron chi connectivity index (χ2n) is 7.53. The average Bonchev–Trinajstić information content (AvgIpc) is 3.46. The Morgan fingerprint density at radius 2 is 1.88 bits per heavy atom. The molecule has 0 unspecified atom stereocenters. The van der Waals surface area contributed by atoms with Crippen molar-refractivity contribution in [2.24, 2.45) is 0 Å². The molecule has 1 aliphatic heterocycles. The van der Waals surface area contributed by atoms with Crippen LogP contribution in [-0.2, 0) is 5.41 Å². The second kappa shape index (κ2) is 7.31. The monoisotopic (exact) mass is 499 g/mol. The van der Waals surface area contributed by atoms with E-state index in [0.717, 1.165) is 22.8 Å². The summed E-state index contributed by atoms with van der Waals surface area (Å²) in [5.41, 5.74) is -4.30. The summed E-state index contributed by atoms with van der Waals surface area (Å²) in [6, 6.07) is 0.330. The first-order valence-corrected chi connectivity index (χ1v) is 9.80. The van der Waals surface area contributed by atoms with E-state index in [2.05, 4.69) is 30.6 Å². The van der Waals surface area contributed by atoms with Crippen molar-refractivity contribution in [2.45, 2.75) is 18.5 Å². The minimum atomic E-state index is -4.90. The normalized spacial score (nSPS) is 17.9. The lowest BCUT2D eigenvalue weighted by molar-refractivity contribution is -0.181. The van der Waals surface area contributed by atoms with Crippen LogP contribution in [0.1, 0.15) is 12.6 Å². The maximum absolute atomic E-state index is 14.1. The number of fused-ring (bicyclic) bond motifs is 3. The number of anilines is 2. The predicted octanol–water partition coefficient (Wildman–Crippen LogP) is 3.51. The summed E-state index contributed by atoms with van der Waals surface area (Å²) in [5, 5.41) is 13.5. The highest BCUT2D eigenvalue weighted by atomic mass is 35.5. The van der Waals surface area contributed by atoms with Crippen molar-refractivity contribution in [3.8, 4) is 5.82 Å². The summed E-state index contributed by atoms with van der Waals surface area (Å²) in [6.45, 7) is -0.0850. The van der Waals surface area contributed by atoms with Gasteiger partial charge in [0.15, 0.2) is 11.5 Å². The van der Waals surface area contributed by atoms with E-state index in [9.17, 15) is 26.7 Å². The first-order chi connectivity index (χ1) is 16.0. The smallest absolute Gasteiger partial charge is 0.306 e. The molecule has 0 radical (unpaired) electrons. The van der Waals surface area contributed by atoms with Crippen LogP contribution < -0.4 is 10.2 Å². The van der Waals surface area contributed by atoms with E-state index in [0.29, 0.717) is 4.52 Å². The van der Waals surface area contributed by atoms with Crippen molar-refractivity contribution < 1.29 is 26.7 Å². The molecule has 0 aromatic carbocycles. The third-order valence-corrected chi connectivity index (χ3v) is 5.65. The fourth-order valence-electron chi connectivity index (χ4n) is 3.68. The lowest BCUT2D eigenvalue weighted by Gasteiger charge is -2.28. The van der Waals surface area contributed by atoms with Crippen molar-refractivity contribution in [2.75, 3.05) is 16.8 Å². The number of carbonyl (C=O) groups is 1. The van der Waals surface area contributed by atoms with Crippen LogP contribution in [-0.4, -0.2) is 53.3 Å². The lowest BCUT2D eigenvalue weighted by atomic mass is 9.87. The van der Waals surface area contributed by atoms with Gasteiger partial charge in [0.2, 0.25) is 5.82 Å². The Hall–Kier alpha value is -3.88. The van der Waals surface area contributed by atoms with Gasteiger partial charge in [-0.1, -0.05) is 11.6 Å². The number of nitrogens with one attached hydrogen (secondary N) is 1. The van der Waals surface area contributed by atoms with E-state index < -0.39 is 47.3 Å². The van der Waals surface area contributed by atoms with Crippen LogP contribution in [0.15, 0.2) is 30.9 Å². The number of hydrogen-bond donors (Lipinski definition) is 1. The molecule has 16 heteroatoms. The molecule has 10 nitrogen and oxygen atoms in total. The molecule has 0 saturated heterocycles. The fraction of sp³-hybridized carbons (Fsp3) is 0.222. The van der Waals surface area contributed by atoms with Crippen LogP contribution in [0.4, 0.5) is 38.1 Å². The van der Waals surface area contributed by atoms with Gasteiger partial charge in [-0.05, 0) is 13.0 Å². The molecule has 0 fully saturated rings. The number of alkyl halides is 3. The molecule has 1 aliphatic rings. The van der Waals surface area contributed by atoms with Gasteiger partial charge in [-0.2, -0.15) is 32.1 Å². The largest absolute Gasteiger partial charge is 0.401 e. The molecule has 4 aromatic rings. The van der Waals surface area contributed by atoms with Crippen LogP contribution in [0.2, 0.25) is 5.02 Å². The van der Waals surface area contributed by atoms with Gasteiger partial charge in [0.25, 0.3) is 5.95 Å². The van der Waals surface area contributed by atoms with Crippen LogP contribution in [0.25, 0.3) is 11.5 Å². The summed E-state index contributed by atoms with van der Waals surface area (Å²) in [4.78, 5) is 22.6. The molecule has 2 amide bonds. The molecule has 0 spiro atoms. The van der Waals surface area contributed by atoms with E-state index in [1.807, 2.05) is 0 Å². The summed E-state index contributed by atoms with van der Waals surface area (Å²) < 4.78 is 70.4. The van der Waals surface area contributed by atoms with Crippen molar-refractivity contribution >= 4 is 34.7 Å². The van der Waals surface area contributed by atoms with Gasteiger partial charge in [0.1, 0.15) is 5.41 Å². The number of urea groups is 1. The predicted molar refractivity (Wildman–Crippen MR) is 107 cm³/mol. The number of rotatable bonds is 2. The Morgan fingerprint density at radius 3 is 2.53 bits per heavy atom. The molecule has 5 rings (SSSR count). The van der Waals surface area contributed by atoms with Crippen LogP contribution in [0.5, 0.6) is 0 Å². The highest BCUT2D eigenvalue weighted by Gasteiger charge is 2.60. The highest BCUT2D eigenvalue weighted by Crippen LogP contribution is 2.50. The van der Waals surface area contributed by atoms with Crippen molar-refractivity contribution in [1.29, 1.82) is 0 Å². The van der Waals surface area contributed by atoms with Gasteiger partial charge >= 0.3 is 12.2 Å². The lowest BCUT2D eigenvalue weighted by Crippen LogP contribution is -2.46. The van der Waals surface area contributed by atoms with Gasteiger partial charge in [0.05, 0.1) is 46.9 Å². The first kappa shape index (κ1) is 21.9. The van der Waals surface area contributed by atoms with Gasteiger partial charge in [-0.15, -0.1) is 9.90 Å². The number of carbonyl (C=O) groups excluding carboxylic acids is 1. The van der Waals surface area contributed by atoms with Crippen LogP contribution in [0, 0.1) is 11.8 Å². The zero-order valence-electron chi connectivity index (χ0n) is 16.8. The summed E-state index contributed by atoms with van der Waals surface area (Å²) in [6.07, 6.45) is -0.0183. The second-order valence-corrected chi connectivity index (χ2v) is 7.93. The molecule has 34 heavy (non-hydrogen) atoms. The molecule has 1 N–H and O–H groups in total. The van der Waals surface area contributed by atoms with E-state index in [-0.39, 0.29) is 22.2 Å².